The molecule has 0 saturated carbocycles. The standard InChI is InChI=1S/C15H21N/c1-11(2)14-9-12-5-3-7-16-8-4-6-13(10-14)15(12)16/h9-11H,3-8H2,1-2H3. The van der Waals surface area contributed by atoms with Crippen molar-refractivity contribution in [1.82, 2.24) is 0 Å². The highest BCUT2D eigenvalue weighted by molar-refractivity contribution is 5.64. The van der Waals surface area contributed by atoms with Gasteiger partial charge in [0.05, 0.1) is 0 Å². The topological polar surface area (TPSA) is 3.24 Å². The average Bonchev–Trinajstić information content (AvgIpc) is 2.29. The molecule has 0 aliphatic carbocycles. The van der Waals surface area contributed by atoms with Gasteiger partial charge in [-0.05, 0) is 48.3 Å². The molecule has 1 aromatic rings. The quantitative estimate of drug-likeness (QED) is 0.693. The molecular weight excluding hydrogens is 194 g/mol. The van der Waals surface area contributed by atoms with Gasteiger partial charge in [-0.15, -0.1) is 0 Å². The van der Waals surface area contributed by atoms with Crippen LogP contribution < -0.4 is 4.90 Å². The molecular formula is C15H21N. The van der Waals surface area contributed by atoms with Crippen molar-refractivity contribution in [2.24, 2.45) is 0 Å². The fourth-order valence-electron chi connectivity index (χ4n) is 3.16. The van der Waals surface area contributed by atoms with Crippen LogP contribution in [0.2, 0.25) is 0 Å². The third kappa shape index (κ3) is 1.53. The molecule has 0 unspecified atom stereocenters. The maximum absolute atomic E-state index is 2.61. The van der Waals surface area contributed by atoms with Crippen molar-refractivity contribution in [3.8, 4) is 0 Å². The Labute approximate surface area is 98.5 Å². The van der Waals surface area contributed by atoms with E-state index < -0.39 is 0 Å². The minimum atomic E-state index is 0.666. The van der Waals surface area contributed by atoms with Gasteiger partial charge in [0, 0.05) is 18.8 Å². The first-order chi connectivity index (χ1) is 7.75. The van der Waals surface area contributed by atoms with Crippen molar-refractivity contribution in [2.45, 2.75) is 45.4 Å². The number of benzene rings is 1. The van der Waals surface area contributed by atoms with Crippen LogP contribution in [0.3, 0.4) is 0 Å². The molecule has 2 aliphatic rings. The summed E-state index contributed by atoms with van der Waals surface area (Å²) in [6.45, 7) is 7.16. The van der Waals surface area contributed by atoms with Gasteiger partial charge >= 0.3 is 0 Å². The lowest BCUT2D eigenvalue weighted by molar-refractivity contribution is 0.631. The first-order valence-corrected chi connectivity index (χ1v) is 6.66. The molecule has 2 aliphatic heterocycles. The lowest BCUT2D eigenvalue weighted by Gasteiger charge is -2.37. The molecule has 0 N–H and O–H groups in total. The molecule has 2 heterocycles. The van der Waals surface area contributed by atoms with Crippen LogP contribution in [0.25, 0.3) is 0 Å². The van der Waals surface area contributed by atoms with Crippen molar-refractivity contribution in [3.05, 3.63) is 28.8 Å². The number of aryl methyl sites for hydroxylation is 2. The van der Waals surface area contributed by atoms with E-state index in [1.165, 1.54) is 44.3 Å². The summed E-state index contributed by atoms with van der Waals surface area (Å²) in [4.78, 5) is 2.61. The Morgan fingerprint density at radius 3 is 2.06 bits per heavy atom. The maximum atomic E-state index is 2.61. The summed E-state index contributed by atoms with van der Waals surface area (Å²) in [7, 11) is 0. The zero-order chi connectivity index (χ0) is 11.1. The lowest BCUT2D eigenvalue weighted by Crippen LogP contribution is -2.34. The van der Waals surface area contributed by atoms with Crippen LogP contribution in [-0.4, -0.2) is 13.1 Å². The Morgan fingerprint density at radius 2 is 1.56 bits per heavy atom. The molecule has 0 atom stereocenters. The summed E-state index contributed by atoms with van der Waals surface area (Å²) in [5.74, 6) is 0.666. The number of nitrogens with zero attached hydrogens (tertiary/aromatic N) is 1. The smallest absolute Gasteiger partial charge is 0.0431 e. The SMILES string of the molecule is CC(C)c1cc2c3c(c1)CCCN3CCC2. The van der Waals surface area contributed by atoms with Gasteiger partial charge in [0.2, 0.25) is 0 Å². The van der Waals surface area contributed by atoms with E-state index in [-0.39, 0.29) is 0 Å². The van der Waals surface area contributed by atoms with Crippen LogP contribution in [0.4, 0.5) is 5.69 Å². The summed E-state index contributed by atoms with van der Waals surface area (Å²) >= 11 is 0. The molecule has 1 heteroatoms. The van der Waals surface area contributed by atoms with Gasteiger partial charge in [0.15, 0.2) is 0 Å². The summed E-state index contributed by atoms with van der Waals surface area (Å²) in [6, 6.07) is 4.92. The van der Waals surface area contributed by atoms with Gasteiger partial charge in [-0.2, -0.15) is 0 Å². The Balaban J connectivity index is 2.13. The van der Waals surface area contributed by atoms with E-state index in [0.717, 1.165) is 0 Å². The van der Waals surface area contributed by atoms with Crippen LogP contribution in [0.15, 0.2) is 12.1 Å². The highest BCUT2D eigenvalue weighted by Crippen LogP contribution is 2.37. The number of hydrogen-bond acceptors (Lipinski definition) is 1. The zero-order valence-corrected chi connectivity index (χ0v) is 10.4. The van der Waals surface area contributed by atoms with E-state index in [4.69, 9.17) is 0 Å². The molecule has 0 bridgehead atoms. The Bertz CT molecular complexity index is 375. The van der Waals surface area contributed by atoms with Gasteiger partial charge in [-0.25, -0.2) is 0 Å². The highest BCUT2D eigenvalue weighted by atomic mass is 15.1. The molecule has 0 spiro atoms. The third-order valence-corrected chi connectivity index (χ3v) is 4.02. The molecule has 1 nitrogen and oxygen atoms in total. The van der Waals surface area contributed by atoms with E-state index in [9.17, 15) is 0 Å². The zero-order valence-electron chi connectivity index (χ0n) is 10.4. The van der Waals surface area contributed by atoms with E-state index >= 15 is 0 Å². The van der Waals surface area contributed by atoms with Crippen LogP contribution in [0.1, 0.15) is 49.3 Å². The largest absolute Gasteiger partial charge is 0.371 e. The third-order valence-electron chi connectivity index (χ3n) is 4.02. The predicted octanol–water partition coefficient (Wildman–Crippen LogP) is 3.51. The molecule has 0 saturated heterocycles. The van der Waals surface area contributed by atoms with E-state index in [1.807, 2.05) is 0 Å². The van der Waals surface area contributed by atoms with Crippen LogP contribution in [0, 0.1) is 0 Å². The minimum absolute atomic E-state index is 0.666. The normalized spacial score (nSPS) is 18.8. The number of rotatable bonds is 1. The van der Waals surface area contributed by atoms with Crippen LogP contribution in [0.5, 0.6) is 0 Å². The molecule has 16 heavy (non-hydrogen) atoms. The Hall–Kier alpha value is -0.980. The average molecular weight is 215 g/mol. The van der Waals surface area contributed by atoms with Gasteiger partial charge in [0.25, 0.3) is 0 Å². The summed E-state index contributed by atoms with van der Waals surface area (Å²) in [5, 5.41) is 0. The Kier molecular flexibility index (Phi) is 2.42. The summed E-state index contributed by atoms with van der Waals surface area (Å²) < 4.78 is 0. The van der Waals surface area contributed by atoms with Gasteiger partial charge in [-0.3, -0.25) is 0 Å². The van der Waals surface area contributed by atoms with Gasteiger partial charge in [0.1, 0.15) is 0 Å². The van der Waals surface area contributed by atoms with Crippen molar-refractivity contribution in [1.29, 1.82) is 0 Å². The van der Waals surface area contributed by atoms with Crippen LogP contribution >= 0.6 is 0 Å². The molecule has 0 aromatic heterocycles. The second-order valence-corrected chi connectivity index (χ2v) is 5.54. The Morgan fingerprint density at radius 1 is 1.00 bits per heavy atom. The number of hydrogen-bond donors (Lipinski definition) is 0. The second kappa shape index (κ2) is 3.80. The van der Waals surface area contributed by atoms with E-state index in [0.29, 0.717) is 5.92 Å². The molecule has 1 aromatic carbocycles. The first-order valence-electron chi connectivity index (χ1n) is 6.66. The van der Waals surface area contributed by atoms with Gasteiger partial charge < -0.3 is 4.90 Å². The van der Waals surface area contributed by atoms with E-state index in [1.54, 1.807) is 16.8 Å². The molecule has 0 radical (unpaired) electrons. The van der Waals surface area contributed by atoms with E-state index in [2.05, 4.69) is 30.9 Å². The first kappa shape index (κ1) is 10.2. The highest BCUT2D eigenvalue weighted by Gasteiger charge is 2.24. The fourth-order valence-corrected chi connectivity index (χ4v) is 3.16. The van der Waals surface area contributed by atoms with Crippen molar-refractivity contribution in [2.75, 3.05) is 18.0 Å². The summed E-state index contributed by atoms with van der Waals surface area (Å²) in [6.07, 6.45) is 5.26. The summed E-state index contributed by atoms with van der Waals surface area (Å²) in [5.41, 5.74) is 6.37. The van der Waals surface area contributed by atoms with Crippen molar-refractivity contribution < 1.29 is 0 Å². The molecule has 86 valence electrons. The number of anilines is 1. The predicted molar refractivity (Wildman–Crippen MR) is 69.4 cm³/mol. The molecule has 3 rings (SSSR count). The van der Waals surface area contributed by atoms with Crippen molar-refractivity contribution >= 4 is 5.69 Å². The monoisotopic (exact) mass is 215 g/mol. The maximum Gasteiger partial charge on any atom is 0.0431 e. The molecule has 0 amide bonds. The molecule has 0 fully saturated rings. The minimum Gasteiger partial charge on any atom is -0.371 e. The van der Waals surface area contributed by atoms with Crippen molar-refractivity contribution in [3.63, 3.8) is 0 Å². The fraction of sp³-hybridized carbons (Fsp3) is 0.600. The van der Waals surface area contributed by atoms with Gasteiger partial charge in [-0.1, -0.05) is 26.0 Å². The van der Waals surface area contributed by atoms with Crippen LogP contribution in [-0.2, 0) is 12.8 Å². The lowest BCUT2D eigenvalue weighted by atomic mass is 9.87. The second-order valence-electron chi connectivity index (χ2n) is 5.54.